The fraction of sp³-hybridized carbons (Fsp3) is 0.263. The molecule has 23 heavy (non-hydrogen) atoms. The van der Waals surface area contributed by atoms with E-state index in [-0.39, 0.29) is 11.8 Å². The molecule has 0 saturated heterocycles. The maximum Gasteiger partial charge on any atom is 0.253 e. The second-order valence-electron chi connectivity index (χ2n) is 5.88. The van der Waals surface area contributed by atoms with E-state index in [9.17, 15) is 9.59 Å². The predicted molar refractivity (Wildman–Crippen MR) is 91.5 cm³/mol. The summed E-state index contributed by atoms with van der Waals surface area (Å²) in [6.45, 7) is 4.58. The highest BCUT2D eigenvalue weighted by molar-refractivity contribution is 5.99. The quantitative estimate of drug-likeness (QED) is 0.944. The first kappa shape index (κ1) is 16.7. The normalized spacial score (nSPS) is 10.3. The summed E-state index contributed by atoms with van der Waals surface area (Å²) in [5.74, 6) is -0.301. The zero-order chi connectivity index (χ0) is 17.0. The molecule has 4 heteroatoms. The Kier molecular flexibility index (Phi) is 5.16. The van der Waals surface area contributed by atoms with Crippen molar-refractivity contribution >= 4 is 11.8 Å². The van der Waals surface area contributed by atoms with Crippen molar-refractivity contribution < 1.29 is 9.59 Å². The third-order valence-electron chi connectivity index (χ3n) is 3.80. The number of carbonyl (C=O) groups is 2. The van der Waals surface area contributed by atoms with Crippen molar-refractivity contribution in [2.24, 2.45) is 0 Å². The van der Waals surface area contributed by atoms with Crippen molar-refractivity contribution in [3.8, 4) is 0 Å². The Balaban J connectivity index is 2.07. The highest BCUT2D eigenvalue weighted by atomic mass is 16.2. The summed E-state index contributed by atoms with van der Waals surface area (Å²) in [7, 11) is 3.38. The highest BCUT2D eigenvalue weighted by Gasteiger charge is 2.11. The number of carbonyl (C=O) groups excluding carboxylic acids is 2. The van der Waals surface area contributed by atoms with E-state index in [0.717, 1.165) is 5.56 Å². The maximum absolute atomic E-state index is 12.3. The lowest BCUT2D eigenvalue weighted by atomic mass is 10.1. The van der Waals surface area contributed by atoms with Gasteiger partial charge in [-0.1, -0.05) is 24.3 Å². The van der Waals surface area contributed by atoms with Gasteiger partial charge in [-0.15, -0.1) is 0 Å². The molecule has 4 nitrogen and oxygen atoms in total. The number of amides is 2. The first-order chi connectivity index (χ1) is 10.9. The monoisotopic (exact) mass is 310 g/mol. The van der Waals surface area contributed by atoms with Gasteiger partial charge < -0.3 is 10.2 Å². The topological polar surface area (TPSA) is 49.4 Å². The van der Waals surface area contributed by atoms with Gasteiger partial charge in [0.25, 0.3) is 11.8 Å². The SMILES string of the molecule is Cc1ccc(CNC(=O)c2cccc(C(=O)N(C)C)c2)cc1C. The molecule has 0 aliphatic carbocycles. The Hall–Kier alpha value is -2.62. The predicted octanol–water partition coefficient (Wildman–Crippen LogP) is 2.94. The van der Waals surface area contributed by atoms with Gasteiger partial charge >= 0.3 is 0 Å². The van der Waals surface area contributed by atoms with Crippen LogP contribution in [0, 0.1) is 13.8 Å². The van der Waals surface area contributed by atoms with Crippen LogP contribution in [0.3, 0.4) is 0 Å². The smallest absolute Gasteiger partial charge is 0.253 e. The third kappa shape index (κ3) is 4.19. The molecular formula is C19H22N2O2. The molecule has 0 unspecified atom stereocenters. The van der Waals surface area contributed by atoms with Gasteiger partial charge in [0.15, 0.2) is 0 Å². The Morgan fingerprint density at radius 2 is 1.65 bits per heavy atom. The number of nitrogens with zero attached hydrogens (tertiary/aromatic N) is 1. The molecule has 2 rings (SSSR count). The van der Waals surface area contributed by atoms with Crippen molar-refractivity contribution in [3.05, 3.63) is 70.3 Å². The van der Waals surface area contributed by atoms with Crippen LogP contribution in [0.5, 0.6) is 0 Å². The summed E-state index contributed by atoms with van der Waals surface area (Å²) >= 11 is 0. The van der Waals surface area contributed by atoms with Gasteiger partial charge in [-0.25, -0.2) is 0 Å². The van der Waals surface area contributed by atoms with Crippen LogP contribution in [0.1, 0.15) is 37.4 Å². The second-order valence-corrected chi connectivity index (χ2v) is 5.88. The molecule has 0 bridgehead atoms. The van der Waals surface area contributed by atoms with Crippen LogP contribution >= 0.6 is 0 Å². The lowest BCUT2D eigenvalue weighted by molar-refractivity contribution is 0.0827. The van der Waals surface area contributed by atoms with Gasteiger partial charge in [0.05, 0.1) is 0 Å². The number of aryl methyl sites for hydroxylation is 2. The molecule has 0 heterocycles. The van der Waals surface area contributed by atoms with E-state index < -0.39 is 0 Å². The summed E-state index contributed by atoms with van der Waals surface area (Å²) in [4.78, 5) is 25.7. The minimum Gasteiger partial charge on any atom is -0.348 e. The maximum atomic E-state index is 12.3. The Morgan fingerprint density at radius 1 is 0.957 bits per heavy atom. The van der Waals surface area contributed by atoms with E-state index in [4.69, 9.17) is 0 Å². The Morgan fingerprint density at radius 3 is 2.30 bits per heavy atom. The lowest BCUT2D eigenvalue weighted by Crippen LogP contribution is -2.25. The molecule has 2 aromatic rings. The molecule has 0 aromatic heterocycles. The Bertz CT molecular complexity index is 736. The molecule has 0 spiro atoms. The molecule has 0 fully saturated rings. The number of rotatable bonds is 4. The Labute approximate surface area is 137 Å². The van der Waals surface area contributed by atoms with Gasteiger partial charge in [0.1, 0.15) is 0 Å². The van der Waals surface area contributed by atoms with Crippen LogP contribution in [-0.4, -0.2) is 30.8 Å². The molecule has 0 saturated carbocycles. The minimum absolute atomic E-state index is 0.117. The van der Waals surface area contributed by atoms with Gasteiger partial charge in [-0.05, 0) is 48.7 Å². The van der Waals surface area contributed by atoms with Crippen LogP contribution in [-0.2, 0) is 6.54 Å². The molecule has 2 amide bonds. The summed E-state index contributed by atoms with van der Waals surface area (Å²) in [6, 6.07) is 12.9. The van der Waals surface area contributed by atoms with E-state index in [1.807, 2.05) is 12.1 Å². The average Bonchev–Trinajstić information content (AvgIpc) is 2.55. The van der Waals surface area contributed by atoms with Crippen molar-refractivity contribution in [1.29, 1.82) is 0 Å². The zero-order valence-electron chi connectivity index (χ0n) is 14.0. The molecule has 0 aliphatic heterocycles. The number of hydrogen-bond acceptors (Lipinski definition) is 2. The fourth-order valence-electron chi connectivity index (χ4n) is 2.25. The van der Waals surface area contributed by atoms with Gasteiger partial charge in [0, 0.05) is 31.8 Å². The van der Waals surface area contributed by atoms with Crippen molar-refractivity contribution in [2.45, 2.75) is 20.4 Å². The average molecular weight is 310 g/mol. The summed E-state index contributed by atoms with van der Waals surface area (Å²) in [5, 5.41) is 2.89. The second kappa shape index (κ2) is 7.09. The largest absolute Gasteiger partial charge is 0.348 e. The molecule has 120 valence electrons. The molecule has 2 aromatic carbocycles. The highest BCUT2D eigenvalue weighted by Crippen LogP contribution is 2.11. The van der Waals surface area contributed by atoms with E-state index in [0.29, 0.717) is 17.7 Å². The van der Waals surface area contributed by atoms with Crippen LogP contribution in [0.4, 0.5) is 0 Å². The third-order valence-corrected chi connectivity index (χ3v) is 3.80. The molecule has 0 atom stereocenters. The molecule has 1 N–H and O–H groups in total. The number of benzene rings is 2. The van der Waals surface area contributed by atoms with E-state index in [2.05, 4.69) is 25.2 Å². The van der Waals surface area contributed by atoms with Crippen molar-refractivity contribution in [1.82, 2.24) is 10.2 Å². The number of nitrogens with one attached hydrogen (secondary N) is 1. The first-order valence-corrected chi connectivity index (χ1v) is 7.54. The minimum atomic E-state index is -0.184. The fourth-order valence-corrected chi connectivity index (χ4v) is 2.25. The van der Waals surface area contributed by atoms with Crippen molar-refractivity contribution in [3.63, 3.8) is 0 Å². The van der Waals surface area contributed by atoms with E-state index in [1.165, 1.54) is 16.0 Å². The van der Waals surface area contributed by atoms with E-state index >= 15 is 0 Å². The van der Waals surface area contributed by atoms with Gasteiger partial charge in [-0.3, -0.25) is 9.59 Å². The number of hydrogen-bond donors (Lipinski definition) is 1. The summed E-state index contributed by atoms with van der Waals surface area (Å²) in [5.41, 5.74) is 4.49. The summed E-state index contributed by atoms with van der Waals surface area (Å²) in [6.07, 6.45) is 0. The molecule has 0 aliphatic rings. The van der Waals surface area contributed by atoms with Gasteiger partial charge in [-0.2, -0.15) is 0 Å². The van der Waals surface area contributed by atoms with Gasteiger partial charge in [0.2, 0.25) is 0 Å². The van der Waals surface area contributed by atoms with Crippen molar-refractivity contribution in [2.75, 3.05) is 14.1 Å². The first-order valence-electron chi connectivity index (χ1n) is 7.54. The van der Waals surface area contributed by atoms with E-state index in [1.54, 1.807) is 38.4 Å². The molecule has 0 radical (unpaired) electrons. The van der Waals surface area contributed by atoms with Crippen LogP contribution < -0.4 is 5.32 Å². The van der Waals surface area contributed by atoms with Crippen LogP contribution in [0.15, 0.2) is 42.5 Å². The molecular weight excluding hydrogens is 288 g/mol. The zero-order valence-corrected chi connectivity index (χ0v) is 14.0. The van der Waals surface area contributed by atoms with Crippen LogP contribution in [0.25, 0.3) is 0 Å². The standard InChI is InChI=1S/C19H22N2O2/c1-13-8-9-15(10-14(13)2)12-20-18(22)16-6-5-7-17(11-16)19(23)21(3)4/h5-11H,12H2,1-4H3,(H,20,22). The van der Waals surface area contributed by atoms with Crippen LogP contribution in [0.2, 0.25) is 0 Å². The lowest BCUT2D eigenvalue weighted by Gasteiger charge is -2.11. The summed E-state index contributed by atoms with van der Waals surface area (Å²) < 4.78 is 0.